The molecule has 1 saturated heterocycles. The van der Waals surface area contributed by atoms with Crippen LogP contribution in [0.5, 0.6) is 0 Å². The van der Waals surface area contributed by atoms with Crippen LogP contribution in [0.1, 0.15) is 30.4 Å². The van der Waals surface area contributed by atoms with Gasteiger partial charge in [-0.15, -0.1) is 0 Å². The van der Waals surface area contributed by atoms with Crippen LogP contribution in [0.4, 0.5) is 0 Å². The lowest BCUT2D eigenvalue weighted by atomic mass is 9.97. The van der Waals surface area contributed by atoms with Crippen LogP contribution >= 0.6 is 0 Å². The predicted octanol–water partition coefficient (Wildman–Crippen LogP) is 5.86. The number of benzene rings is 2. The zero-order valence-electron chi connectivity index (χ0n) is 20.6. The number of fused-ring (bicyclic) bond motifs is 1. The predicted molar refractivity (Wildman–Crippen MR) is 136 cm³/mol. The summed E-state index contributed by atoms with van der Waals surface area (Å²) < 4.78 is 32.2. The van der Waals surface area contributed by atoms with Gasteiger partial charge in [0.2, 0.25) is 0 Å². The Labute approximate surface area is 205 Å². The number of methoxy groups -OCH3 is 1. The molecule has 2 aromatic rings. The van der Waals surface area contributed by atoms with E-state index in [0.717, 1.165) is 23.6 Å². The molecule has 0 saturated carbocycles. The lowest BCUT2D eigenvalue weighted by Crippen LogP contribution is -2.62. The number of ether oxygens (including phenoxy) is 4. The summed E-state index contributed by atoms with van der Waals surface area (Å²) in [5.41, 5.74) is 2.22. The van der Waals surface area contributed by atoms with Crippen LogP contribution in [-0.2, 0) is 36.6 Å². The third-order valence-corrected chi connectivity index (χ3v) is 8.98. The zero-order chi connectivity index (χ0) is 23.8. The van der Waals surface area contributed by atoms with E-state index in [1.807, 2.05) is 36.4 Å². The van der Waals surface area contributed by atoms with Crippen LogP contribution < -0.4 is 0 Å². The van der Waals surface area contributed by atoms with Crippen molar-refractivity contribution in [1.82, 2.24) is 0 Å². The molecule has 0 amide bonds. The summed E-state index contributed by atoms with van der Waals surface area (Å²) in [7, 11) is -0.257. The summed E-state index contributed by atoms with van der Waals surface area (Å²) in [4.78, 5) is 0. The van der Waals surface area contributed by atoms with Crippen LogP contribution in [0.25, 0.3) is 0 Å². The normalized spacial score (nSPS) is 30.3. The highest BCUT2D eigenvalue weighted by Gasteiger charge is 2.49. The van der Waals surface area contributed by atoms with Crippen LogP contribution in [0, 0.1) is 0 Å². The molecule has 0 aliphatic carbocycles. The highest BCUT2D eigenvalue weighted by atomic mass is 28.4. The van der Waals surface area contributed by atoms with Gasteiger partial charge in [0.1, 0.15) is 24.4 Å². The molecule has 6 heteroatoms. The van der Waals surface area contributed by atoms with Gasteiger partial charge in [0.15, 0.2) is 14.6 Å². The molecular formula is C28H38O5Si. The minimum absolute atomic E-state index is 0.243. The smallest absolute Gasteiger partial charge is 0.187 e. The topological polar surface area (TPSA) is 46.2 Å². The maximum Gasteiger partial charge on any atom is 0.187 e. The monoisotopic (exact) mass is 482 g/mol. The fourth-order valence-electron chi connectivity index (χ4n) is 4.68. The molecule has 4 rings (SSSR count). The molecule has 5 nitrogen and oxygen atoms in total. The highest BCUT2D eigenvalue weighted by molar-refractivity contribution is 6.71. The maximum absolute atomic E-state index is 6.90. The van der Waals surface area contributed by atoms with E-state index in [1.165, 1.54) is 12.8 Å². The minimum Gasteiger partial charge on any atom is -0.409 e. The molecule has 1 fully saturated rings. The van der Waals surface area contributed by atoms with Crippen molar-refractivity contribution in [2.45, 2.75) is 82.3 Å². The quantitative estimate of drug-likeness (QED) is 0.365. The van der Waals surface area contributed by atoms with E-state index in [4.69, 9.17) is 23.4 Å². The molecule has 2 heterocycles. The molecule has 5 atom stereocenters. The maximum atomic E-state index is 6.90. The van der Waals surface area contributed by atoms with Gasteiger partial charge in [0.05, 0.1) is 13.2 Å². The molecule has 0 bridgehead atoms. The van der Waals surface area contributed by atoms with Crippen LogP contribution in [-0.4, -0.2) is 46.1 Å². The van der Waals surface area contributed by atoms with Gasteiger partial charge >= 0.3 is 0 Å². The SMILES string of the molecule is CO[C@H]1O[C@@H]2/C=C\CCCC[Si](C)(C)O[C@H]2[C@H](OCc2ccccc2)[C@H]1OCc1ccccc1. The zero-order valence-corrected chi connectivity index (χ0v) is 21.6. The molecule has 34 heavy (non-hydrogen) atoms. The second-order valence-corrected chi connectivity index (χ2v) is 14.0. The van der Waals surface area contributed by atoms with Gasteiger partial charge in [-0.05, 0) is 36.7 Å². The second kappa shape index (κ2) is 12.2. The van der Waals surface area contributed by atoms with Crippen molar-refractivity contribution >= 4 is 8.32 Å². The average Bonchev–Trinajstić information content (AvgIpc) is 2.85. The molecular weight excluding hydrogens is 444 g/mol. The number of rotatable bonds is 7. The molecule has 0 spiro atoms. The second-order valence-electron chi connectivity index (χ2n) is 9.74. The number of hydrogen-bond acceptors (Lipinski definition) is 5. The van der Waals surface area contributed by atoms with Crippen molar-refractivity contribution in [2.24, 2.45) is 0 Å². The summed E-state index contributed by atoms with van der Waals surface area (Å²) in [6.45, 7) is 5.52. The van der Waals surface area contributed by atoms with Gasteiger partial charge in [-0.3, -0.25) is 0 Å². The molecule has 0 radical (unpaired) electrons. The average molecular weight is 483 g/mol. The van der Waals surface area contributed by atoms with Crippen molar-refractivity contribution in [3.8, 4) is 0 Å². The van der Waals surface area contributed by atoms with E-state index in [2.05, 4.69) is 49.5 Å². The molecule has 2 aliphatic rings. The van der Waals surface area contributed by atoms with E-state index in [-0.39, 0.29) is 18.3 Å². The third kappa shape index (κ3) is 6.87. The largest absolute Gasteiger partial charge is 0.409 e. The number of allylic oxidation sites excluding steroid dienone is 1. The highest BCUT2D eigenvalue weighted by Crippen LogP contribution is 2.34. The van der Waals surface area contributed by atoms with Gasteiger partial charge in [0.25, 0.3) is 0 Å². The first-order valence-corrected chi connectivity index (χ1v) is 15.5. The van der Waals surface area contributed by atoms with E-state index < -0.39 is 20.7 Å². The molecule has 0 unspecified atom stereocenters. The standard InChI is InChI=1S/C28H38O5Si/c1-29-28-27(31-21-23-16-10-7-11-17-23)26(30-20-22-14-8-6-9-15-22)25-24(32-28)18-12-4-5-13-19-34(2,3)33-25/h6-12,14-18,24-28H,4-5,13,19-21H2,1-3H3/b18-12-/t24-,25-,26+,27-,28+/m1/s1. The summed E-state index contributed by atoms with van der Waals surface area (Å²) in [5, 5.41) is 0. The van der Waals surface area contributed by atoms with Gasteiger partial charge in [-0.1, -0.05) is 85.7 Å². The first-order valence-electron chi connectivity index (χ1n) is 12.4. The lowest BCUT2D eigenvalue weighted by Gasteiger charge is -2.47. The molecule has 0 N–H and O–H groups in total. The van der Waals surface area contributed by atoms with E-state index in [9.17, 15) is 0 Å². The van der Waals surface area contributed by atoms with Crippen molar-refractivity contribution in [3.63, 3.8) is 0 Å². The fourth-order valence-corrected chi connectivity index (χ4v) is 6.91. The Bertz CT molecular complexity index is 888. The Morgan fingerprint density at radius 1 is 0.853 bits per heavy atom. The van der Waals surface area contributed by atoms with E-state index in [1.54, 1.807) is 7.11 Å². The number of hydrogen-bond donors (Lipinski definition) is 0. The van der Waals surface area contributed by atoms with Crippen molar-refractivity contribution in [2.75, 3.05) is 7.11 Å². The van der Waals surface area contributed by atoms with E-state index in [0.29, 0.717) is 13.2 Å². The van der Waals surface area contributed by atoms with Crippen molar-refractivity contribution < 1.29 is 23.4 Å². The lowest BCUT2D eigenvalue weighted by molar-refractivity contribution is -0.299. The first kappa shape index (κ1) is 25.3. The minimum atomic E-state index is -1.92. The van der Waals surface area contributed by atoms with Gasteiger partial charge < -0.3 is 23.4 Å². The van der Waals surface area contributed by atoms with Crippen LogP contribution in [0.3, 0.4) is 0 Å². The van der Waals surface area contributed by atoms with Crippen LogP contribution in [0.15, 0.2) is 72.8 Å². The van der Waals surface area contributed by atoms with Gasteiger partial charge in [-0.25, -0.2) is 0 Å². The summed E-state index contributed by atoms with van der Waals surface area (Å²) in [6, 6.07) is 21.5. The van der Waals surface area contributed by atoms with Gasteiger partial charge in [0, 0.05) is 7.11 Å². The Kier molecular flexibility index (Phi) is 9.11. The Morgan fingerprint density at radius 2 is 1.47 bits per heavy atom. The third-order valence-electron chi connectivity index (χ3n) is 6.51. The fraction of sp³-hybridized carbons (Fsp3) is 0.500. The summed E-state index contributed by atoms with van der Waals surface area (Å²) in [6.07, 6.45) is 5.97. The van der Waals surface area contributed by atoms with Crippen LogP contribution in [0.2, 0.25) is 19.1 Å². The molecule has 2 aliphatic heterocycles. The molecule has 2 aromatic carbocycles. The van der Waals surface area contributed by atoms with Crippen molar-refractivity contribution in [1.29, 1.82) is 0 Å². The van der Waals surface area contributed by atoms with E-state index >= 15 is 0 Å². The Hall–Kier alpha value is -1.80. The summed E-state index contributed by atoms with van der Waals surface area (Å²) in [5.74, 6) is 0. The summed E-state index contributed by atoms with van der Waals surface area (Å²) >= 11 is 0. The Balaban J connectivity index is 1.62. The van der Waals surface area contributed by atoms with Gasteiger partial charge in [-0.2, -0.15) is 0 Å². The first-order chi connectivity index (χ1) is 16.6. The van der Waals surface area contributed by atoms with Crippen molar-refractivity contribution in [3.05, 3.63) is 83.9 Å². The molecule has 184 valence electrons. The Morgan fingerprint density at radius 3 is 2.09 bits per heavy atom. The molecule has 0 aromatic heterocycles.